The zero-order valence-corrected chi connectivity index (χ0v) is 7.54. The summed E-state index contributed by atoms with van der Waals surface area (Å²) in [5, 5.41) is 35.0. The average Bonchev–Trinajstić information content (AvgIpc) is 1.99. The molecule has 0 spiro atoms. The molecule has 1 aromatic rings. The molecule has 0 atom stereocenters. The number of hydrogen-bond acceptors (Lipinski definition) is 4. The van der Waals surface area contributed by atoms with Crippen molar-refractivity contribution >= 4 is 5.97 Å². The predicted molar refractivity (Wildman–Crippen MR) is 38.4 cm³/mol. The molecule has 1 rings (SSSR count). The number of aromatic carboxylic acids is 1. The Morgan fingerprint density at radius 1 is 1.08 bits per heavy atom. The molecule has 6 heteroatoms. The first-order chi connectivity index (χ1) is 5.52. The van der Waals surface area contributed by atoms with Gasteiger partial charge in [-0.1, -0.05) is 0 Å². The molecule has 5 nitrogen and oxygen atoms in total. The molecule has 0 amide bonds. The predicted octanol–water partition coefficient (Wildman–Crippen LogP) is 0.499. The van der Waals surface area contributed by atoms with E-state index in [2.05, 4.69) is 0 Å². The van der Waals surface area contributed by atoms with Gasteiger partial charge in [-0.3, -0.25) is 0 Å². The zero-order chi connectivity index (χ0) is 9.30. The Kier molecular flexibility index (Phi) is 3.60. The van der Waals surface area contributed by atoms with Crippen LogP contribution in [0.2, 0.25) is 0 Å². The van der Waals surface area contributed by atoms with Crippen LogP contribution in [-0.2, 0) is 17.4 Å². The van der Waals surface area contributed by atoms with Gasteiger partial charge in [0.2, 0.25) is 0 Å². The van der Waals surface area contributed by atoms with E-state index in [4.69, 9.17) is 20.4 Å². The summed E-state index contributed by atoms with van der Waals surface area (Å²) >= 11 is 0. The summed E-state index contributed by atoms with van der Waals surface area (Å²) in [5.41, 5.74) is -0.289. The Labute approximate surface area is 84.0 Å². The molecular formula is C7H6CrO5. The van der Waals surface area contributed by atoms with E-state index in [0.29, 0.717) is 0 Å². The summed E-state index contributed by atoms with van der Waals surface area (Å²) in [6.07, 6.45) is 0. The van der Waals surface area contributed by atoms with Crippen molar-refractivity contribution in [1.29, 1.82) is 0 Å². The number of carboxylic acid groups (broad SMARTS) is 1. The van der Waals surface area contributed by atoms with Gasteiger partial charge in [-0.2, -0.15) is 0 Å². The standard InChI is InChI=1S/C7H6O5.Cr/c8-4-1-3(7(11)12)2-5(9)6(4)10;/h1-2,8-10H,(H,11,12);. The van der Waals surface area contributed by atoms with Gasteiger partial charge in [0.05, 0.1) is 5.56 Å². The van der Waals surface area contributed by atoms with Crippen LogP contribution in [0.5, 0.6) is 17.2 Å². The van der Waals surface area contributed by atoms with Gasteiger partial charge >= 0.3 is 5.97 Å². The van der Waals surface area contributed by atoms with Gasteiger partial charge in [-0.25, -0.2) is 4.79 Å². The van der Waals surface area contributed by atoms with Gasteiger partial charge in [0.25, 0.3) is 0 Å². The molecule has 0 aliphatic heterocycles. The first-order valence-corrected chi connectivity index (χ1v) is 3.00. The first-order valence-electron chi connectivity index (χ1n) is 3.00. The van der Waals surface area contributed by atoms with E-state index in [1.54, 1.807) is 0 Å². The molecule has 0 unspecified atom stereocenters. The molecule has 0 saturated carbocycles. The van der Waals surface area contributed by atoms with Crippen LogP contribution in [0.4, 0.5) is 0 Å². The van der Waals surface area contributed by atoms with E-state index in [-0.39, 0.29) is 22.9 Å². The van der Waals surface area contributed by atoms with Crippen molar-refractivity contribution in [3.8, 4) is 17.2 Å². The number of phenolic OH excluding ortho intramolecular Hbond substituents is 3. The number of aromatic hydroxyl groups is 3. The molecule has 0 aromatic heterocycles. The molecule has 0 aliphatic carbocycles. The van der Waals surface area contributed by atoms with Gasteiger partial charge in [0.1, 0.15) is 0 Å². The smallest absolute Gasteiger partial charge is 0.335 e. The van der Waals surface area contributed by atoms with Crippen LogP contribution in [0.1, 0.15) is 10.4 Å². The fourth-order valence-electron chi connectivity index (χ4n) is 0.728. The number of phenols is 3. The first kappa shape index (κ1) is 11.6. The third-order valence-electron chi connectivity index (χ3n) is 1.32. The van der Waals surface area contributed by atoms with Gasteiger partial charge in [0.15, 0.2) is 17.2 Å². The van der Waals surface area contributed by atoms with Crippen LogP contribution >= 0.6 is 0 Å². The van der Waals surface area contributed by atoms with Gasteiger partial charge in [-0.05, 0) is 12.1 Å². The number of rotatable bonds is 1. The van der Waals surface area contributed by atoms with Crippen LogP contribution in [0, 0.1) is 0 Å². The largest absolute Gasteiger partial charge is 0.504 e. The molecule has 0 radical (unpaired) electrons. The Balaban J connectivity index is 0.00000144. The molecule has 0 aliphatic rings. The van der Waals surface area contributed by atoms with Crippen LogP contribution in [0.15, 0.2) is 12.1 Å². The second kappa shape index (κ2) is 4.03. The maximum atomic E-state index is 10.3. The van der Waals surface area contributed by atoms with Crippen molar-refractivity contribution < 1.29 is 42.6 Å². The fraction of sp³-hybridized carbons (Fsp3) is 0. The second-order valence-corrected chi connectivity index (χ2v) is 2.17. The summed E-state index contributed by atoms with van der Waals surface area (Å²) in [7, 11) is 0. The molecule has 0 bridgehead atoms. The quantitative estimate of drug-likeness (QED) is 0.518. The molecule has 13 heavy (non-hydrogen) atoms. The minimum absolute atomic E-state index is 0. The third kappa shape index (κ3) is 2.28. The number of carbonyl (C=O) groups is 1. The molecule has 0 saturated heterocycles. The minimum atomic E-state index is -1.29. The van der Waals surface area contributed by atoms with Crippen LogP contribution in [0.3, 0.4) is 0 Å². The van der Waals surface area contributed by atoms with Crippen molar-refractivity contribution in [2.24, 2.45) is 0 Å². The zero-order valence-electron chi connectivity index (χ0n) is 6.26. The van der Waals surface area contributed by atoms with Gasteiger partial charge in [-0.15, -0.1) is 0 Å². The van der Waals surface area contributed by atoms with Crippen LogP contribution in [-0.4, -0.2) is 26.4 Å². The van der Waals surface area contributed by atoms with Crippen LogP contribution in [0.25, 0.3) is 0 Å². The van der Waals surface area contributed by atoms with E-state index in [1.807, 2.05) is 0 Å². The number of carboxylic acids is 1. The summed E-state index contributed by atoms with van der Waals surface area (Å²) in [6, 6.07) is 1.69. The summed E-state index contributed by atoms with van der Waals surface area (Å²) in [5.74, 6) is -3.33. The SMILES string of the molecule is O=C(O)c1cc(O)c(O)c(O)c1.[Cr]. The topological polar surface area (TPSA) is 98.0 Å². The number of benzene rings is 1. The third-order valence-corrected chi connectivity index (χ3v) is 1.32. The molecule has 1 aromatic carbocycles. The molecular weight excluding hydrogens is 216 g/mol. The summed E-state index contributed by atoms with van der Waals surface area (Å²) in [6.45, 7) is 0. The van der Waals surface area contributed by atoms with E-state index in [1.165, 1.54) is 0 Å². The van der Waals surface area contributed by atoms with Crippen molar-refractivity contribution in [1.82, 2.24) is 0 Å². The minimum Gasteiger partial charge on any atom is -0.504 e. The van der Waals surface area contributed by atoms with E-state index in [0.717, 1.165) is 12.1 Å². The maximum absolute atomic E-state index is 10.3. The van der Waals surface area contributed by atoms with Crippen molar-refractivity contribution in [2.45, 2.75) is 0 Å². The monoisotopic (exact) mass is 222 g/mol. The molecule has 0 heterocycles. The second-order valence-electron chi connectivity index (χ2n) is 2.17. The van der Waals surface area contributed by atoms with Crippen molar-refractivity contribution in [3.63, 3.8) is 0 Å². The maximum Gasteiger partial charge on any atom is 0.335 e. The summed E-state index contributed by atoms with van der Waals surface area (Å²) in [4.78, 5) is 10.3. The van der Waals surface area contributed by atoms with Gasteiger partial charge in [0, 0.05) is 17.4 Å². The van der Waals surface area contributed by atoms with Gasteiger partial charge < -0.3 is 20.4 Å². The summed E-state index contributed by atoms with van der Waals surface area (Å²) < 4.78 is 0. The number of hydrogen-bond donors (Lipinski definition) is 4. The Morgan fingerprint density at radius 2 is 1.46 bits per heavy atom. The van der Waals surface area contributed by atoms with E-state index in [9.17, 15) is 4.79 Å². The average molecular weight is 222 g/mol. The Bertz CT molecular complexity index is 313. The Hall–Kier alpha value is -1.38. The molecule has 4 N–H and O–H groups in total. The fourth-order valence-corrected chi connectivity index (χ4v) is 0.728. The van der Waals surface area contributed by atoms with E-state index < -0.39 is 23.2 Å². The normalized spacial score (nSPS) is 8.92. The van der Waals surface area contributed by atoms with Crippen molar-refractivity contribution in [3.05, 3.63) is 17.7 Å². The molecule has 0 fully saturated rings. The Morgan fingerprint density at radius 3 is 1.77 bits per heavy atom. The van der Waals surface area contributed by atoms with Crippen LogP contribution < -0.4 is 0 Å². The van der Waals surface area contributed by atoms with E-state index >= 15 is 0 Å². The van der Waals surface area contributed by atoms with Crippen molar-refractivity contribution in [2.75, 3.05) is 0 Å². The molecule has 70 valence electrons.